The minimum absolute atomic E-state index is 0.255. The predicted molar refractivity (Wildman–Crippen MR) is 140 cm³/mol. The second kappa shape index (κ2) is 9.34. The van der Waals surface area contributed by atoms with Gasteiger partial charge in [-0.15, -0.1) is 0 Å². The number of hydrogen-bond acceptors (Lipinski definition) is 9. The highest BCUT2D eigenvalue weighted by Crippen LogP contribution is 2.45. The van der Waals surface area contributed by atoms with Crippen LogP contribution in [0.3, 0.4) is 0 Å². The number of aliphatic hydroxyl groups is 1. The number of hydrogen-bond donors (Lipinski definition) is 1. The van der Waals surface area contributed by atoms with E-state index in [-0.39, 0.29) is 6.42 Å². The number of carbonyl (C=O) groups is 1. The van der Waals surface area contributed by atoms with Crippen molar-refractivity contribution in [2.24, 2.45) is 0 Å². The van der Waals surface area contributed by atoms with Gasteiger partial charge in [0.1, 0.15) is 16.8 Å². The van der Waals surface area contributed by atoms with Gasteiger partial charge in [0, 0.05) is 30.0 Å². The first-order valence-electron chi connectivity index (χ1n) is 11.9. The summed E-state index contributed by atoms with van der Waals surface area (Å²) in [4.78, 5) is 22.1. The molecular formula is C28H22N4O4S. The van der Waals surface area contributed by atoms with Crippen molar-refractivity contribution in [1.82, 2.24) is 18.7 Å². The fourth-order valence-corrected chi connectivity index (χ4v) is 5.05. The van der Waals surface area contributed by atoms with E-state index in [1.165, 1.54) is 0 Å². The summed E-state index contributed by atoms with van der Waals surface area (Å²) in [6.07, 6.45) is 4.41. The molecule has 0 saturated carbocycles. The van der Waals surface area contributed by atoms with Gasteiger partial charge in [-0.25, -0.2) is 4.79 Å². The molecule has 37 heavy (non-hydrogen) atoms. The third-order valence-electron chi connectivity index (χ3n) is 6.33. The van der Waals surface area contributed by atoms with Crippen LogP contribution in [0.4, 0.5) is 0 Å². The van der Waals surface area contributed by atoms with Gasteiger partial charge in [-0.2, -0.15) is 8.75 Å². The Balaban J connectivity index is 1.48. The van der Waals surface area contributed by atoms with E-state index in [9.17, 15) is 9.90 Å². The van der Waals surface area contributed by atoms with Crippen molar-refractivity contribution in [2.45, 2.75) is 25.6 Å². The van der Waals surface area contributed by atoms with Gasteiger partial charge in [0.05, 0.1) is 34.9 Å². The number of cyclic esters (lactones) is 1. The van der Waals surface area contributed by atoms with Crippen LogP contribution in [0.2, 0.25) is 0 Å². The standard InChI is InChI=1S/C28H22N4O4S/c1-2-13-35-20-7-5-19(6-8-20)28(34)21(14-17-3-9-22-24(15-17)30-12-11-29-22)26(27(33)36-28)18-4-10-23-25(16-18)32-37-31-23/h3-12,15-16,34H,2,13-14H2,1H3. The second-order valence-electron chi connectivity index (χ2n) is 8.78. The van der Waals surface area contributed by atoms with Crippen molar-refractivity contribution in [3.8, 4) is 5.75 Å². The van der Waals surface area contributed by atoms with E-state index in [1.807, 2.05) is 31.2 Å². The quantitative estimate of drug-likeness (QED) is 0.311. The van der Waals surface area contributed by atoms with Gasteiger partial charge in [-0.1, -0.05) is 19.1 Å². The Kier molecular flexibility index (Phi) is 5.86. The molecule has 5 aromatic rings. The number of carbonyl (C=O) groups excluding carboxylic acids is 1. The maximum absolute atomic E-state index is 13.3. The zero-order valence-corrected chi connectivity index (χ0v) is 20.7. The summed E-state index contributed by atoms with van der Waals surface area (Å²) in [7, 11) is 0. The Morgan fingerprint density at radius 3 is 2.49 bits per heavy atom. The van der Waals surface area contributed by atoms with Crippen LogP contribution in [-0.4, -0.2) is 36.4 Å². The van der Waals surface area contributed by atoms with Crippen LogP contribution in [0.1, 0.15) is 30.0 Å². The number of esters is 1. The lowest BCUT2D eigenvalue weighted by molar-refractivity contribution is -0.185. The first kappa shape index (κ1) is 23.2. The van der Waals surface area contributed by atoms with Gasteiger partial charge >= 0.3 is 5.97 Å². The van der Waals surface area contributed by atoms with E-state index < -0.39 is 11.8 Å². The first-order chi connectivity index (χ1) is 18.0. The van der Waals surface area contributed by atoms with E-state index in [0.717, 1.165) is 40.3 Å². The molecule has 6 rings (SSSR count). The molecule has 0 aliphatic carbocycles. The van der Waals surface area contributed by atoms with E-state index in [1.54, 1.807) is 48.8 Å². The SMILES string of the molecule is CCCOc1ccc(C2(O)OC(=O)C(c3ccc4nsnc4c3)=C2Cc2ccc3nccnc3c2)cc1. The maximum atomic E-state index is 13.3. The van der Waals surface area contributed by atoms with Crippen LogP contribution < -0.4 is 4.74 Å². The molecule has 1 aliphatic rings. The molecule has 9 heteroatoms. The van der Waals surface area contributed by atoms with Crippen LogP contribution in [-0.2, 0) is 21.7 Å². The number of nitrogens with zero attached hydrogens (tertiary/aromatic N) is 4. The molecule has 2 aromatic heterocycles. The smallest absolute Gasteiger partial charge is 0.342 e. The Labute approximate surface area is 216 Å². The van der Waals surface area contributed by atoms with E-state index in [4.69, 9.17) is 9.47 Å². The molecule has 3 heterocycles. The minimum atomic E-state index is -1.96. The Hall–Kier alpha value is -4.21. The molecule has 8 nitrogen and oxygen atoms in total. The monoisotopic (exact) mass is 510 g/mol. The van der Waals surface area contributed by atoms with Crippen molar-refractivity contribution < 1.29 is 19.4 Å². The Morgan fingerprint density at radius 2 is 1.68 bits per heavy atom. The fourth-order valence-electron chi connectivity index (χ4n) is 4.53. The lowest BCUT2D eigenvalue weighted by Crippen LogP contribution is -2.29. The highest BCUT2D eigenvalue weighted by atomic mass is 32.1. The van der Waals surface area contributed by atoms with Crippen LogP contribution >= 0.6 is 11.7 Å². The fraction of sp³-hybridized carbons (Fsp3) is 0.179. The Bertz CT molecular complexity index is 1660. The third kappa shape index (κ3) is 4.22. The number of fused-ring (bicyclic) bond motifs is 2. The summed E-state index contributed by atoms with van der Waals surface area (Å²) in [6, 6.07) is 18.1. The number of aromatic nitrogens is 4. The molecule has 3 aromatic carbocycles. The summed E-state index contributed by atoms with van der Waals surface area (Å²) >= 11 is 1.11. The van der Waals surface area contributed by atoms with Crippen molar-refractivity contribution in [3.05, 3.63) is 95.3 Å². The van der Waals surface area contributed by atoms with Crippen molar-refractivity contribution in [2.75, 3.05) is 6.61 Å². The molecule has 1 N–H and O–H groups in total. The first-order valence-corrected chi connectivity index (χ1v) is 12.6. The largest absolute Gasteiger partial charge is 0.494 e. The summed E-state index contributed by atoms with van der Waals surface area (Å²) < 4.78 is 20.0. The molecule has 0 saturated heterocycles. The summed E-state index contributed by atoms with van der Waals surface area (Å²) in [5.41, 5.74) is 5.56. The summed E-state index contributed by atoms with van der Waals surface area (Å²) in [5, 5.41) is 11.9. The van der Waals surface area contributed by atoms with Crippen LogP contribution in [0.15, 0.2) is 78.6 Å². The van der Waals surface area contributed by atoms with Gasteiger partial charge in [0.25, 0.3) is 5.79 Å². The normalized spacial score (nSPS) is 17.5. The third-order valence-corrected chi connectivity index (χ3v) is 6.89. The van der Waals surface area contributed by atoms with Gasteiger partial charge in [-0.05, 0) is 66.1 Å². The van der Waals surface area contributed by atoms with Gasteiger partial charge in [-0.3, -0.25) is 9.97 Å². The second-order valence-corrected chi connectivity index (χ2v) is 9.31. The zero-order chi connectivity index (χ0) is 25.4. The molecular weight excluding hydrogens is 488 g/mol. The highest BCUT2D eigenvalue weighted by molar-refractivity contribution is 7.00. The molecule has 0 fully saturated rings. The average molecular weight is 511 g/mol. The minimum Gasteiger partial charge on any atom is -0.494 e. The Morgan fingerprint density at radius 1 is 0.919 bits per heavy atom. The summed E-state index contributed by atoms with van der Waals surface area (Å²) in [6.45, 7) is 2.62. The van der Waals surface area contributed by atoms with Crippen LogP contribution in [0.25, 0.3) is 27.6 Å². The van der Waals surface area contributed by atoms with E-state index in [2.05, 4.69) is 18.7 Å². The predicted octanol–water partition coefficient (Wildman–Crippen LogP) is 4.82. The number of benzene rings is 3. The molecule has 1 atom stereocenters. The molecule has 0 radical (unpaired) electrons. The molecule has 1 unspecified atom stereocenters. The zero-order valence-electron chi connectivity index (χ0n) is 19.9. The van der Waals surface area contributed by atoms with Gasteiger partial charge in [0.2, 0.25) is 0 Å². The maximum Gasteiger partial charge on any atom is 0.342 e. The van der Waals surface area contributed by atoms with E-state index >= 15 is 0 Å². The molecule has 0 bridgehead atoms. The molecule has 0 amide bonds. The molecule has 1 aliphatic heterocycles. The van der Waals surface area contributed by atoms with E-state index in [0.29, 0.717) is 40.1 Å². The average Bonchev–Trinajstić information content (AvgIpc) is 3.49. The highest BCUT2D eigenvalue weighted by Gasteiger charge is 2.48. The molecule has 0 spiro atoms. The lowest BCUT2D eigenvalue weighted by Gasteiger charge is -2.26. The number of rotatable bonds is 7. The van der Waals surface area contributed by atoms with Crippen molar-refractivity contribution in [1.29, 1.82) is 0 Å². The van der Waals surface area contributed by atoms with Crippen molar-refractivity contribution >= 4 is 45.3 Å². The molecule has 184 valence electrons. The van der Waals surface area contributed by atoms with Gasteiger partial charge in [0.15, 0.2) is 0 Å². The number of ether oxygens (including phenoxy) is 2. The van der Waals surface area contributed by atoms with Gasteiger partial charge < -0.3 is 14.6 Å². The van der Waals surface area contributed by atoms with Crippen LogP contribution in [0, 0.1) is 0 Å². The summed E-state index contributed by atoms with van der Waals surface area (Å²) in [5.74, 6) is -1.88. The topological polar surface area (TPSA) is 107 Å². The lowest BCUT2D eigenvalue weighted by atomic mass is 9.88. The van der Waals surface area contributed by atoms with Crippen molar-refractivity contribution in [3.63, 3.8) is 0 Å². The van der Waals surface area contributed by atoms with Crippen LogP contribution in [0.5, 0.6) is 5.75 Å².